The van der Waals surface area contributed by atoms with Gasteiger partial charge in [0.25, 0.3) is 0 Å². The maximum Gasteiger partial charge on any atom is 0.497 e. The number of thioether (sulfide) groups is 1. The molecule has 1 fully saturated rings. The number of quaternary nitrogens is 1. The van der Waals surface area contributed by atoms with Gasteiger partial charge in [0.2, 0.25) is 41.5 Å². The fraction of sp³-hybridized carbons (Fsp3) is 0.550. The number of halogens is 5. The standard InChI is InChI=1S/C60H81F5N10O15S/c1-34(2)50(69)54(83)74(46(77)18-11-8-14-25-73-47(78)29-45(53(73)82)91-33-42(68)56(85)86)35(3)55(84)75(90-58(89)60(63,64)65,44(57(87)88)17-12-13-23-66)49(80)21-24-70-52(81)41(67)22-26-72(48(79)32-76)51(59(4,5)6)43-27-37(39-28-38(61)19-20-40(39)62)31-71(43)30-36-15-9-7-10-16-36/h7,9-10,15-16,19-20,27-28,31,34-35,41-42,44-45,50-51,76H,8,11-14,17-18,21-26,29-30,32-33,66-69H2,1-6H3,(H2-,70,81,85,86,87,88)/p+1/t35-,41-,42-,44-,45?,50-,51-,75?/m0/s1. The van der Waals surface area contributed by atoms with Gasteiger partial charge in [0, 0.05) is 78.9 Å². The van der Waals surface area contributed by atoms with Gasteiger partial charge in [-0.25, -0.2) is 32.8 Å². The molecule has 502 valence electrons. The van der Waals surface area contributed by atoms with E-state index < -0.39 is 179 Å². The van der Waals surface area contributed by atoms with E-state index in [9.17, 15) is 75.7 Å². The van der Waals surface area contributed by atoms with E-state index in [0.717, 1.165) is 47.3 Å². The Morgan fingerprint density at radius 3 is 2.08 bits per heavy atom. The Morgan fingerprint density at radius 1 is 0.835 bits per heavy atom. The summed E-state index contributed by atoms with van der Waals surface area (Å²) >= 11 is 0.893. The number of aliphatic hydroxyl groups is 1. The van der Waals surface area contributed by atoms with E-state index in [0.29, 0.717) is 5.69 Å². The number of benzene rings is 2. The average molecular weight is 1310 g/mol. The van der Waals surface area contributed by atoms with Gasteiger partial charge < -0.3 is 53.0 Å². The van der Waals surface area contributed by atoms with E-state index in [4.69, 9.17) is 32.9 Å². The van der Waals surface area contributed by atoms with Gasteiger partial charge in [0.05, 0.1) is 29.8 Å². The lowest BCUT2D eigenvalue weighted by molar-refractivity contribution is -0.977. The summed E-state index contributed by atoms with van der Waals surface area (Å²) < 4.78 is 71.9. The molecule has 12 N–H and O–H groups in total. The summed E-state index contributed by atoms with van der Waals surface area (Å²) in [5.74, 6) is -18.7. The summed E-state index contributed by atoms with van der Waals surface area (Å²) in [6.07, 6.45) is -8.26. The van der Waals surface area contributed by atoms with Crippen LogP contribution in [0.3, 0.4) is 0 Å². The highest BCUT2D eigenvalue weighted by Crippen LogP contribution is 2.42. The number of hydrogen-bond acceptors (Lipinski definition) is 18. The third-order valence-electron chi connectivity index (χ3n) is 15.2. The highest BCUT2D eigenvalue weighted by Gasteiger charge is 2.64. The van der Waals surface area contributed by atoms with Gasteiger partial charge in [-0.15, -0.1) is 11.8 Å². The fourth-order valence-corrected chi connectivity index (χ4v) is 11.5. The van der Waals surface area contributed by atoms with E-state index in [-0.39, 0.29) is 86.5 Å². The number of nitrogens with two attached hydrogens (primary N) is 4. The number of aliphatic hydroxyl groups excluding tert-OH is 1. The molecule has 0 radical (unpaired) electrons. The predicted octanol–water partition coefficient (Wildman–Crippen LogP) is 3.65. The highest BCUT2D eigenvalue weighted by atomic mass is 32.2. The zero-order valence-electron chi connectivity index (χ0n) is 51.5. The molecule has 8 amide bonds. The second kappa shape index (κ2) is 33.7. The number of aromatic nitrogens is 1. The third-order valence-corrected chi connectivity index (χ3v) is 16.5. The minimum absolute atomic E-state index is 0.0511. The van der Waals surface area contributed by atoms with Crippen molar-refractivity contribution in [3.05, 3.63) is 83.7 Å². The van der Waals surface area contributed by atoms with Crippen LogP contribution in [0.5, 0.6) is 0 Å². The quantitative estimate of drug-likeness (QED) is 0.0142. The van der Waals surface area contributed by atoms with Crippen LogP contribution in [-0.2, 0) is 64.1 Å². The topological polar surface area (TPSA) is 388 Å². The maximum atomic E-state index is 15.3. The van der Waals surface area contributed by atoms with E-state index >= 15 is 9.18 Å². The number of carbonyl (C=O) groups excluding carboxylic acids is 9. The number of alkyl halides is 3. The van der Waals surface area contributed by atoms with Crippen LogP contribution in [0.2, 0.25) is 0 Å². The largest absolute Gasteiger partial charge is 0.497 e. The molecule has 3 aromatic rings. The van der Waals surface area contributed by atoms with Crippen LogP contribution in [-0.4, -0.2) is 185 Å². The summed E-state index contributed by atoms with van der Waals surface area (Å²) in [7, 11) is 0. The van der Waals surface area contributed by atoms with Gasteiger partial charge in [-0.2, -0.15) is 13.2 Å². The molecule has 25 nitrogen and oxygen atoms in total. The van der Waals surface area contributed by atoms with Crippen LogP contribution in [0.4, 0.5) is 22.0 Å². The van der Waals surface area contributed by atoms with Crippen molar-refractivity contribution in [1.29, 1.82) is 0 Å². The summed E-state index contributed by atoms with van der Waals surface area (Å²) in [5, 5.41) is 31.5. The van der Waals surface area contributed by atoms with E-state index in [1.54, 1.807) is 55.8 Å². The molecule has 91 heavy (non-hydrogen) atoms. The monoisotopic (exact) mass is 1310 g/mol. The molecular weight excluding hydrogens is 1230 g/mol. The first kappa shape index (κ1) is 75.9. The molecule has 1 aliphatic rings. The number of carboxylic acids is 2. The van der Waals surface area contributed by atoms with Crippen LogP contribution >= 0.6 is 11.8 Å². The Morgan fingerprint density at radius 2 is 1.49 bits per heavy atom. The first-order chi connectivity index (χ1) is 42.5. The first-order valence-electron chi connectivity index (χ1n) is 29.4. The molecule has 0 spiro atoms. The Kier molecular flexibility index (Phi) is 28.1. The zero-order valence-corrected chi connectivity index (χ0v) is 52.3. The van der Waals surface area contributed by atoms with Crippen molar-refractivity contribution in [3.8, 4) is 11.1 Å². The smallest absolute Gasteiger partial charge is 0.480 e. The second-order valence-electron chi connectivity index (χ2n) is 23.5. The maximum absolute atomic E-state index is 15.3. The molecule has 1 saturated heterocycles. The van der Waals surface area contributed by atoms with Crippen LogP contribution in [0.1, 0.15) is 123 Å². The van der Waals surface area contributed by atoms with Crippen LogP contribution < -0.4 is 28.3 Å². The average Bonchev–Trinajstić information content (AvgIpc) is 1.19. The van der Waals surface area contributed by atoms with Gasteiger partial charge in [0.15, 0.2) is 6.04 Å². The van der Waals surface area contributed by atoms with Crippen LogP contribution in [0.25, 0.3) is 11.1 Å². The lowest BCUT2D eigenvalue weighted by Gasteiger charge is -2.41. The lowest BCUT2D eigenvalue weighted by atomic mass is 9.82. The van der Waals surface area contributed by atoms with Crippen molar-refractivity contribution in [3.63, 3.8) is 0 Å². The zero-order chi connectivity index (χ0) is 68.5. The Labute approximate surface area is 526 Å². The molecule has 1 aromatic heterocycles. The predicted molar refractivity (Wildman–Crippen MR) is 319 cm³/mol. The van der Waals surface area contributed by atoms with Crippen molar-refractivity contribution in [2.75, 3.05) is 38.5 Å². The summed E-state index contributed by atoms with van der Waals surface area (Å²) in [6, 6.07) is 2.80. The number of imide groups is 3. The number of hydrogen-bond donors (Lipinski definition) is 8. The third kappa shape index (κ3) is 20.0. The summed E-state index contributed by atoms with van der Waals surface area (Å²) in [6.45, 7) is 6.44. The van der Waals surface area contributed by atoms with Crippen molar-refractivity contribution < 1.29 is 99.5 Å². The number of carboxylic acid groups (broad SMARTS) is 2. The molecule has 2 heterocycles. The van der Waals surface area contributed by atoms with Crippen molar-refractivity contribution in [2.24, 2.45) is 34.3 Å². The van der Waals surface area contributed by atoms with Gasteiger partial charge >= 0.3 is 35.9 Å². The van der Waals surface area contributed by atoms with E-state index in [1.807, 2.05) is 12.1 Å². The Bertz CT molecular complexity index is 3110. The number of nitrogens with one attached hydrogen (secondary N) is 1. The molecule has 0 saturated carbocycles. The molecule has 0 aliphatic carbocycles. The minimum atomic E-state index is -6.03. The first-order valence-corrected chi connectivity index (χ1v) is 30.5. The van der Waals surface area contributed by atoms with Gasteiger partial charge in [0.1, 0.15) is 24.3 Å². The highest BCUT2D eigenvalue weighted by molar-refractivity contribution is 8.00. The van der Waals surface area contributed by atoms with Gasteiger partial charge in [-0.05, 0) is 86.7 Å². The molecular formula is C60H82F5N10O15S+. The number of aliphatic carboxylic acids is 2. The fourth-order valence-electron chi connectivity index (χ4n) is 10.4. The number of carbonyl (C=O) groups is 11. The molecule has 0 bridgehead atoms. The van der Waals surface area contributed by atoms with Crippen molar-refractivity contribution >= 4 is 76.9 Å². The van der Waals surface area contributed by atoms with E-state index in [2.05, 4.69) is 5.32 Å². The number of hydroxylamine groups is 3. The number of rotatable bonds is 33. The van der Waals surface area contributed by atoms with Gasteiger partial charge in [-0.3, -0.25) is 43.4 Å². The molecule has 4 rings (SSSR count). The van der Waals surface area contributed by atoms with E-state index in [1.165, 1.54) is 18.7 Å². The van der Waals surface area contributed by atoms with Crippen molar-refractivity contribution in [1.82, 2.24) is 24.6 Å². The molecule has 2 unspecified atom stereocenters. The molecule has 1 aliphatic heterocycles. The number of unbranched alkanes of at least 4 members (excludes halogenated alkanes) is 3. The number of nitrogens with zero attached hydrogens (tertiary/aromatic N) is 5. The molecule has 31 heteroatoms. The Hall–Kier alpha value is -7.55. The number of amides is 8. The second-order valence-corrected chi connectivity index (χ2v) is 24.7. The molecule has 8 atom stereocenters. The lowest BCUT2D eigenvalue weighted by Crippen LogP contribution is -2.71. The summed E-state index contributed by atoms with van der Waals surface area (Å²) in [4.78, 5) is 157. The van der Waals surface area contributed by atoms with Crippen molar-refractivity contribution in [2.45, 2.75) is 160 Å². The summed E-state index contributed by atoms with van der Waals surface area (Å²) in [5.41, 5.74) is 24.1. The minimum Gasteiger partial charge on any atom is -0.480 e. The van der Waals surface area contributed by atoms with Crippen LogP contribution in [0.15, 0.2) is 60.8 Å². The molecule has 2 aromatic carbocycles. The normalized spacial score (nSPS) is 16.3. The Balaban J connectivity index is 1.67. The SMILES string of the molecule is CC(C)[C@H](N)C(=O)N(C(=O)CCCCCN1C(=O)CC(SC[C@H](N)C(=O)O)C1=O)[C@@H](C)C(=O)[N+](OC(=O)C(F)(F)F)(C(=O)CCNC(=O)[C@@H](N)CCN(C(=O)CO)[C@@H](c1cc(-c2cc(F)ccc2F)cn1Cc1ccccc1)C(C)(C)C)[C@@H](CCCCN)C(=O)O. The van der Waals surface area contributed by atoms with Gasteiger partial charge in [-0.1, -0.05) is 71.4 Å². The van der Waals surface area contributed by atoms with Crippen LogP contribution in [0, 0.1) is 23.0 Å². The number of likely N-dealkylation sites (tertiary alicyclic amines) is 1.